The van der Waals surface area contributed by atoms with Crippen LogP contribution in [0.15, 0.2) is 24.3 Å². The zero-order chi connectivity index (χ0) is 11.0. The van der Waals surface area contributed by atoms with Crippen LogP contribution in [0.4, 0.5) is 4.39 Å². The van der Waals surface area contributed by atoms with Crippen molar-refractivity contribution in [2.24, 2.45) is 7.05 Å². The van der Waals surface area contributed by atoms with Crippen molar-refractivity contribution in [3.63, 3.8) is 0 Å². The smallest absolute Gasteiger partial charge is 0.132 e. The molecule has 2 aromatic rings. The van der Waals surface area contributed by atoms with Crippen LogP contribution in [0.5, 0.6) is 0 Å². The van der Waals surface area contributed by atoms with E-state index in [0.29, 0.717) is 10.6 Å². The number of hydrogen-bond acceptors (Lipinski definition) is 1. The molecule has 2 nitrogen and oxygen atoms in total. The molecule has 0 saturated carbocycles. The minimum absolute atomic E-state index is 0.289. The van der Waals surface area contributed by atoms with Gasteiger partial charge in [0.15, 0.2) is 0 Å². The number of aromatic nitrogens is 2. The first-order chi connectivity index (χ1) is 7.08. The molecule has 0 aliphatic heterocycles. The summed E-state index contributed by atoms with van der Waals surface area (Å²) in [6, 6.07) is 6.33. The standard InChI is InChI=1S/C11H10ClFN2/c1-7-5-11(15(2)14-7)9-6-8(12)3-4-10(9)13/h3-6H,1-2H3. The molecule has 0 amide bonds. The Morgan fingerprint density at radius 3 is 2.67 bits per heavy atom. The van der Waals surface area contributed by atoms with Gasteiger partial charge in [-0.1, -0.05) is 11.6 Å². The molecular weight excluding hydrogens is 215 g/mol. The first-order valence-corrected chi connectivity index (χ1v) is 4.92. The van der Waals surface area contributed by atoms with Crippen LogP contribution < -0.4 is 0 Å². The van der Waals surface area contributed by atoms with Gasteiger partial charge in [-0.3, -0.25) is 4.68 Å². The average molecular weight is 225 g/mol. The third-order valence-corrected chi connectivity index (χ3v) is 2.44. The van der Waals surface area contributed by atoms with Gasteiger partial charge in [-0.05, 0) is 31.2 Å². The Hall–Kier alpha value is -1.35. The molecule has 0 N–H and O–H groups in total. The molecule has 2 rings (SSSR count). The van der Waals surface area contributed by atoms with E-state index in [1.54, 1.807) is 17.8 Å². The minimum atomic E-state index is -0.289. The van der Waals surface area contributed by atoms with E-state index in [1.165, 1.54) is 12.1 Å². The summed E-state index contributed by atoms with van der Waals surface area (Å²) in [4.78, 5) is 0. The van der Waals surface area contributed by atoms with Gasteiger partial charge in [0.25, 0.3) is 0 Å². The van der Waals surface area contributed by atoms with E-state index in [-0.39, 0.29) is 5.82 Å². The maximum atomic E-state index is 13.5. The van der Waals surface area contributed by atoms with Gasteiger partial charge in [0.05, 0.1) is 11.4 Å². The van der Waals surface area contributed by atoms with Crippen LogP contribution in [-0.4, -0.2) is 9.78 Å². The van der Waals surface area contributed by atoms with Crippen LogP contribution in [0.2, 0.25) is 5.02 Å². The zero-order valence-corrected chi connectivity index (χ0v) is 9.22. The molecule has 1 aromatic heterocycles. The van der Waals surface area contributed by atoms with Crippen molar-refractivity contribution in [2.75, 3.05) is 0 Å². The lowest BCUT2D eigenvalue weighted by Crippen LogP contribution is -1.95. The summed E-state index contributed by atoms with van der Waals surface area (Å²) in [5, 5.41) is 4.68. The molecule has 0 radical (unpaired) electrons. The fourth-order valence-electron chi connectivity index (χ4n) is 1.56. The van der Waals surface area contributed by atoms with Crippen LogP contribution in [0.3, 0.4) is 0 Å². The normalized spacial score (nSPS) is 10.7. The van der Waals surface area contributed by atoms with Crippen LogP contribution in [-0.2, 0) is 7.05 Å². The highest BCUT2D eigenvalue weighted by Gasteiger charge is 2.10. The second-order valence-corrected chi connectivity index (χ2v) is 3.86. The first-order valence-electron chi connectivity index (χ1n) is 4.54. The highest BCUT2D eigenvalue weighted by Crippen LogP contribution is 2.26. The maximum absolute atomic E-state index is 13.5. The highest BCUT2D eigenvalue weighted by molar-refractivity contribution is 6.30. The van der Waals surface area contributed by atoms with Crippen LogP contribution >= 0.6 is 11.6 Å². The van der Waals surface area contributed by atoms with Gasteiger partial charge in [-0.2, -0.15) is 5.10 Å². The van der Waals surface area contributed by atoms with Crippen molar-refractivity contribution in [2.45, 2.75) is 6.92 Å². The van der Waals surface area contributed by atoms with Gasteiger partial charge in [-0.15, -0.1) is 0 Å². The van der Waals surface area contributed by atoms with E-state index in [0.717, 1.165) is 11.4 Å². The number of aryl methyl sites for hydroxylation is 2. The number of rotatable bonds is 1. The van der Waals surface area contributed by atoms with E-state index in [1.807, 2.05) is 13.0 Å². The van der Waals surface area contributed by atoms with Gasteiger partial charge in [0.2, 0.25) is 0 Å². The van der Waals surface area contributed by atoms with E-state index in [9.17, 15) is 4.39 Å². The van der Waals surface area contributed by atoms with Crippen LogP contribution in [0.25, 0.3) is 11.3 Å². The molecule has 4 heteroatoms. The topological polar surface area (TPSA) is 17.8 Å². The SMILES string of the molecule is Cc1cc(-c2cc(Cl)ccc2F)n(C)n1. The number of hydrogen-bond donors (Lipinski definition) is 0. The highest BCUT2D eigenvalue weighted by atomic mass is 35.5. The molecule has 0 atom stereocenters. The summed E-state index contributed by atoms with van der Waals surface area (Å²) >= 11 is 5.83. The Morgan fingerprint density at radius 2 is 2.07 bits per heavy atom. The molecule has 0 spiro atoms. The third-order valence-electron chi connectivity index (χ3n) is 2.21. The van der Waals surface area contributed by atoms with Gasteiger partial charge in [0.1, 0.15) is 5.82 Å². The Bertz CT molecular complexity index is 505. The minimum Gasteiger partial charge on any atom is -0.268 e. The largest absolute Gasteiger partial charge is 0.268 e. The molecule has 15 heavy (non-hydrogen) atoms. The molecule has 0 bridgehead atoms. The molecule has 0 unspecified atom stereocenters. The third kappa shape index (κ3) is 1.88. The predicted molar refractivity (Wildman–Crippen MR) is 58.3 cm³/mol. The summed E-state index contributed by atoms with van der Waals surface area (Å²) in [6.07, 6.45) is 0. The maximum Gasteiger partial charge on any atom is 0.132 e. The van der Waals surface area contributed by atoms with Crippen molar-refractivity contribution >= 4 is 11.6 Å². The molecule has 0 fully saturated rings. The fourth-order valence-corrected chi connectivity index (χ4v) is 1.73. The molecule has 1 heterocycles. The summed E-state index contributed by atoms with van der Waals surface area (Å²) in [5.74, 6) is -0.289. The molecular formula is C11H10ClFN2. The van der Waals surface area contributed by atoms with Gasteiger partial charge >= 0.3 is 0 Å². The summed E-state index contributed by atoms with van der Waals surface area (Å²) in [6.45, 7) is 1.87. The van der Waals surface area contributed by atoms with E-state index in [2.05, 4.69) is 5.10 Å². The van der Waals surface area contributed by atoms with E-state index >= 15 is 0 Å². The number of halogens is 2. The fraction of sp³-hybridized carbons (Fsp3) is 0.182. The number of benzene rings is 1. The lowest BCUT2D eigenvalue weighted by atomic mass is 10.1. The number of nitrogens with zero attached hydrogens (tertiary/aromatic N) is 2. The first kappa shape index (κ1) is 10.2. The quantitative estimate of drug-likeness (QED) is 0.728. The van der Waals surface area contributed by atoms with Gasteiger partial charge in [-0.25, -0.2) is 4.39 Å². The Kier molecular flexibility index (Phi) is 2.49. The monoisotopic (exact) mass is 224 g/mol. The Morgan fingerprint density at radius 1 is 1.33 bits per heavy atom. The Balaban J connectivity index is 2.62. The van der Waals surface area contributed by atoms with Gasteiger partial charge < -0.3 is 0 Å². The molecule has 0 saturated heterocycles. The van der Waals surface area contributed by atoms with Crippen molar-refractivity contribution in [1.29, 1.82) is 0 Å². The molecule has 78 valence electrons. The van der Waals surface area contributed by atoms with Crippen molar-refractivity contribution in [3.8, 4) is 11.3 Å². The summed E-state index contributed by atoms with van der Waals surface area (Å²) < 4.78 is 15.2. The van der Waals surface area contributed by atoms with Crippen LogP contribution in [0, 0.1) is 12.7 Å². The molecule has 0 aliphatic rings. The Labute approximate surface area is 92.3 Å². The molecule has 0 aliphatic carbocycles. The van der Waals surface area contributed by atoms with Crippen molar-refractivity contribution in [3.05, 3.63) is 40.8 Å². The van der Waals surface area contributed by atoms with Crippen molar-refractivity contribution < 1.29 is 4.39 Å². The summed E-state index contributed by atoms with van der Waals surface area (Å²) in [5.41, 5.74) is 2.06. The van der Waals surface area contributed by atoms with E-state index < -0.39 is 0 Å². The van der Waals surface area contributed by atoms with E-state index in [4.69, 9.17) is 11.6 Å². The second-order valence-electron chi connectivity index (χ2n) is 3.42. The average Bonchev–Trinajstić information content (AvgIpc) is 2.50. The zero-order valence-electron chi connectivity index (χ0n) is 8.46. The molecule has 1 aromatic carbocycles. The van der Waals surface area contributed by atoms with Crippen molar-refractivity contribution in [1.82, 2.24) is 9.78 Å². The lowest BCUT2D eigenvalue weighted by Gasteiger charge is -2.03. The van der Waals surface area contributed by atoms with Gasteiger partial charge in [0, 0.05) is 17.6 Å². The summed E-state index contributed by atoms with van der Waals surface area (Å²) in [7, 11) is 1.78. The van der Waals surface area contributed by atoms with Crippen LogP contribution in [0.1, 0.15) is 5.69 Å². The lowest BCUT2D eigenvalue weighted by molar-refractivity contribution is 0.628. The predicted octanol–water partition coefficient (Wildman–Crippen LogP) is 3.19. The second kappa shape index (κ2) is 3.66.